The van der Waals surface area contributed by atoms with Gasteiger partial charge in [0.15, 0.2) is 0 Å². The first kappa shape index (κ1) is 23.7. The first-order chi connectivity index (χ1) is 14.5. The molecule has 2 heterocycles. The Morgan fingerprint density at radius 1 is 1.29 bits per heavy atom. The van der Waals surface area contributed by atoms with Gasteiger partial charge in [-0.25, -0.2) is 4.79 Å². The predicted octanol–water partition coefficient (Wildman–Crippen LogP) is 4.02. The molecule has 0 aliphatic rings. The van der Waals surface area contributed by atoms with Crippen molar-refractivity contribution >= 4 is 22.6 Å². The summed E-state index contributed by atoms with van der Waals surface area (Å²) in [6.45, 7) is 3.87. The number of rotatable bonds is 5. The number of aromatic amines is 1. The number of anilines is 1. The number of carbonyl (C=O) groups is 1. The van der Waals surface area contributed by atoms with Crippen molar-refractivity contribution in [2.24, 2.45) is 0 Å². The summed E-state index contributed by atoms with van der Waals surface area (Å²) in [6, 6.07) is 12.1. The second kappa shape index (κ2) is 9.95. The number of benzene rings is 1. The largest absolute Gasteiger partial charge is 0.490 e. The Morgan fingerprint density at radius 2 is 1.97 bits per heavy atom. The summed E-state index contributed by atoms with van der Waals surface area (Å²) in [4.78, 5) is 19.0. The molecule has 0 aliphatic carbocycles. The number of alkyl halides is 3. The zero-order chi connectivity index (χ0) is 23.2. The van der Waals surface area contributed by atoms with Crippen LogP contribution in [0.15, 0.2) is 36.5 Å². The minimum Gasteiger partial charge on any atom is -0.475 e. The monoisotopic (exact) mass is 433 g/mol. The topological polar surface area (TPSA) is 105 Å². The number of H-pyrrole nitrogens is 1. The van der Waals surface area contributed by atoms with E-state index in [1.54, 1.807) is 0 Å². The number of halogens is 3. The second-order valence-corrected chi connectivity index (χ2v) is 6.90. The number of nitrogens with zero attached hydrogens (tertiary/aromatic N) is 3. The highest BCUT2D eigenvalue weighted by Crippen LogP contribution is 2.30. The van der Waals surface area contributed by atoms with Crippen LogP contribution in [0.25, 0.3) is 22.2 Å². The van der Waals surface area contributed by atoms with Crippen molar-refractivity contribution in [1.29, 1.82) is 5.26 Å². The summed E-state index contributed by atoms with van der Waals surface area (Å²) in [5.41, 5.74) is 5.47. The Morgan fingerprint density at radius 3 is 2.52 bits per heavy atom. The molecule has 3 N–H and O–H groups in total. The maximum absolute atomic E-state index is 10.6. The molecule has 0 bridgehead atoms. The predicted molar refractivity (Wildman–Crippen MR) is 112 cm³/mol. The average molecular weight is 433 g/mol. The van der Waals surface area contributed by atoms with E-state index in [9.17, 15) is 18.4 Å². The van der Waals surface area contributed by atoms with Crippen LogP contribution in [0.3, 0.4) is 0 Å². The quantitative estimate of drug-likeness (QED) is 0.561. The van der Waals surface area contributed by atoms with Gasteiger partial charge in [0.1, 0.15) is 6.07 Å². The highest BCUT2D eigenvalue weighted by Gasteiger charge is 2.38. The van der Waals surface area contributed by atoms with Crippen LogP contribution in [0.4, 0.5) is 18.9 Å². The molecule has 10 heteroatoms. The van der Waals surface area contributed by atoms with E-state index in [4.69, 9.17) is 14.9 Å². The lowest BCUT2D eigenvalue weighted by atomic mass is 10.1. The van der Waals surface area contributed by atoms with E-state index in [-0.39, 0.29) is 0 Å². The zero-order valence-electron chi connectivity index (χ0n) is 17.2. The SMILES string of the molecule is Cc1nc(-c2c[nH]c3c(C#N)cccc23)ccc1NCCN(C)C.O=C(O)C(F)(F)F. The molecule has 3 aromatic rings. The van der Waals surface area contributed by atoms with Crippen LogP contribution in [0, 0.1) is 18.3 Å². The van der Waals surface area contributed by atoms with Crippen LogP contribution in [-0.4, -0.2) is 59.3 Å². The van der Waals surface area contributed by atoms with E-state index in [0.29, 0.717) is 5.56 Å². The van der Waals surface area contributed by atoms with Crippen LogP contribution in [0.1, 0.15) is 11.3 Å². The number of pyridine rings is 1. The number of aliphatic carboxylic acids is 1. The number of aryl methyl sites for hydroxylation is 1. The van der Waals surface area contributed by atoms with Gasteiger partial charge in [-0.1, -0.05) is 12.1 Å². The van der Waals surface area contributed by atoms with E-state index in [1.165, 1.54) is 0 Å². The number of hydrogen-bond acceptors (Lipinski definition) is 5. The molecule has 0 saturated heterocycles. The summed E-state index contributed by atoms with van der Waals surface area (Å²) in [5.74, 6) is -2.76. The van der Waals surface area contributed by atoms with Crippen LogP contribution < -0.4 is 5.32 Å². The summed E-state index contributed by atoms with van der Waals surface area (Å²) >= 11 is 0. The number of nitriles is 1. The van der Waals surface area contributed by atoms with E-state index in [2.05, 4.69) is 41.4 Å². The van der Waals surface area contributed by atoms with Crippen LogP contribution in [0.5, 0.6) is 0 Å². The van der Waals surface area contributed by atoms with E-state index >= 15 is 0 Å². The van der Waals surface area contributed by atoms with Gasteiger partial charge in [0.05, 0.1) is 28.2 Å². The molecular weight excluding hydrogens is 411 g/mol. The van der Waals surface area contributed by atoms with E-state index in [0.717, 1.165) is 46.6 Å². The standard InChI is InChI=1S/C19H21N5.C2HF3O2/c1-13-17(21-9-10-24(2)3)7-8-18(23-13)16-12-22-19-14(11-20)5-4-6-15(16)19;3-2(4,5)1(6)7/h4-8,12,21-22H,9-10H2,1-3H3;(H,6,7). The molecular formula is C21H22F3N5O2. The Balaban J connectivity index is 0.000000423. The third kappa shape index (κ3) is 6.20. The molecule has 0 atom stereocenters. The number of fused-ring (bicyclic) bond motifs is 1. The van der Waals surface area contributed by atoms with Gasteiger partial charge in [0.2, 0.25) is 0 Å². The van der Waals surface area contributed by atoms with Crippen molar-refractivity contribution in [3.63, 3.8) is 0 Å². The number of hydrogen-bond donors (Lipinski definition) is 3. The lowest BCUT2D eigenvalue weighted by molar-refractivity contribution is -0.192. The van der Waals surface area contributed by atoms with Gasteiger partial charge in [-0.15, -0.1) is 0 Å². The molecule has 0 saturated carbocycles. The minimum absolute atomic E-state index is 0.650. The zero-order valence-corrected chi connectivity index (χ0v) is 17.2. The van der Waals surface area contributed by atoms with Crippen molar-refractivity contribution < 1.29 is 23.1 Å². The van der Waals surface area contributed by atoms with Crippen LogP contribution in [-0.2, 0) is 4.79 Å². The minimum atomic E-state index is -5.08. The van der Waals surface area contributed by atoms with Crippen LogP contribution >= 0.6 is 0 Å². The molecule has 31 heavy (non-hydrogen) atoms. The summed E-state index contributed by atoms with van der Waals surface area (Å²) in [6.07, 6.45) is -3.16. The number of carboxylic acid groups (broad SMARTS) is 1. The molecule has 164 valence electrons. The van der Waals surface area contributed by atoms with Gasteiger partial charge in [-0.2, -0.15) is 18.4 Å². The Bertz CT molecular complexity index is 1100. The fraction of sp³-hybridized carbons (Fsp3) is 0.286. The Kier molecular flexibility index (Phi) is 7.61. The normalized spacial score (nSPS) is 11.0. The van der Waals surface area contributed by atoms with Crippen LogP contribution in [0.2, 0.25) is 0 Å². The van der Waals surface area contributed by atoms with Gasteiger partial charge < -0.3 is 20.3 Å². The molecule has 0 fully saturated rings. The molecule has 0 aliphatic heterocycles. The lowest BCUT2D eigenvalue weighted by Gasteiger charge is -2.13. The fourth-order valence-electron chi connectivity index (χ4n) is 2.77. The van der Waals surface area contributed by atoms with Crippen molar-refractivity contribution in [3.8, 4) is 17.3 Å². The molecule has 0 radical (unpaired) electrons. The smallest absolute Gasteiger partial charge is 0.475 e. The van der Waals surface area contributed by atoms with Crippen molar-refractivity contribution in [2.45, 2.75) is 13.1 Å². The van der Waals surface area contributed by atoms with Gasteiger partial charge in [-0.05, 0) is 39.2 Å². The molecule has 0 spiro atoms. The Hall–Kier alpha value is -3.58. The Labute approximate surface area is 177 Å². The highest BCUT2D eigenvalue weighted by molar-refractivity contribution is 5.97. The number of aromatic nitrogens is 2. The van der Waals surface area contributed by atoms with E-state index < -0.39 is 12.1 Å². The lowest BCUT2D eigenvalue weighted by Crippen LogP contribution is -2.21. The second-order valence-electron chi connectivity index (χ2n) is 6.90. The number of likely N-dealkylation sites (N-methyl/N-ethyl adjacent to an activating group) is 1. The molecule has 3 rings (SSSR count). The first-order valence-corrected chi connectivity index (χ1v) is 9.21. The molecule has 7 nitrogen and oxygen atoms in total. The fourth-order valence-corrected chi connectivity index (χ4v) is 2.77. The van der Waals surface area contributed by atoms with Crippen molar-refractivity contribution in [2.75, 3.05) is 32.5 Å². The molecule has 2 aromatic heterocycles. The van der Waals surface area contributed by atoms with E-state index in [1.807, 2.05) is 37.4 Å². The van der Waals surface area contributed by atoms with Crippen molar-refractivity contribution in [1.82, 2.24) is 14.9 Å². The van der Waals surface area contributed by atoms with Gasteiger partial charge >= 0.3 is 12.1 Å². The molecule has 1 aromatic carbocycles. The highest BCUT2D eigenvalue weighted by atomic mass is 19.4. The third-order valence-corrected chi connectivity index (χ3v) is 4.31. The summed E-state index contributed by atoms with van der Waals surface area (Å²) in [5, 5.41) is 20.8. The number of carboxylic acids is 1. The van der Waals surface area contributed by atoms with Gasteiger partial charge in [-0.3, -0.25) is 4.98 Å². The third-order valence-electron chi connectivity index (χ3n) is 4.31. The van der Waals surface area contributed by atoms with Gasteiger partial charge in [0.25, 0.3) is 0 Å². The maximum atomic E-state index is 10.6. The summed E-state index contributed by atoms with van der Waals surface area (Å²) in [7, 11) is 4.12. The molecule has 0 amide bonds. The number of nitrogens with one attached hydrogen (secondary N) is 2. The maximum Gasteiger partial charge on any atom is 0.490 e. The van der Waals surface area contributed by atoms with Gasteiger partial charge in [0, 0.05) is 30.2 Å². The first-order valence-electron chi connectivity index (χ1n) is 9.21. The number of para-hydroxylation sites is 1. The van der Waals surface area contributed by atoms with Crippen molar-refractivity contribution in [3.05, 3.63) is 47.8 Å². The average Bonchev–Trinajstić information content (AvgIpc) is 3.13. The molecule has 0 unspecified atom stereocenters. The summed E-state index contributed by atoms with van der Waals surface area (Å²) < 4.78 is 31.7.